The largest absolute Gasteiger partial charge is 0.573 e. The highest BCUT2D eigenvalue weighted by molar-refractivity contribution is 6.00. The van der Waals surface area contributed by atoms with Crippen LogP contribution in [0.5, 0.6) is 17.4 Å². The molecule has 0 unspecified atom stereocenters. The predicted molar refractivity (Wildman–Crippen MR) is 126 cm³/mol. The van der Waals surface area contributed by atoms with Crippen molar-refractivity contribution in [3.05, 3.63) is 71.9 Å². The maximum absolute atomic E-state index is 12.5. The lowest BCUT2D eigenvalue weighted by Crippen LogP contribution is -2.31. The van der Waals surface area contributed by atoms with Crippen molar-refractivity contribution in [1.29, 1.82) is 0 Å². The Morgan fingerprint density at radius 2 is 1.89 bits per heavy atom. The number of amides is 2. The van der Waals surface area contributed by atoms with E-state index in [4.69, 9.17) is 4.74 Å². The van der Waals surface area contributed by atoms with Crippen molar-refractivity contribution >= 4 is 17.4 Å². The molecule has 184 valence electrons. The lowest BCUT2D eigenvalue weighted by atomic mass is 9.98. The molecule has 7 nitrogen and oxygen atoms in total. The molecule has 0 saturated carbocycles. The Hall–Kier alpha value is -3.79. The minimum Gasteiger partial charge on any atom is -0.437 e. The number of nitrogens with one attached hydrogen (secondary N) is 2. The summed E-state index contributed by atoms with van der Waals surface area (Å²) >= 11 is 0. The first-order valence-corrected chi connectivity index (χ1v) is 11.2. The van der Waals surface area contributed by atoms with E-state index in [0.29, 0.717) is 11.4 Å². The Morgan fingerprint density at radius 3 is 2.63 bits per heavy atom. The molecule has 0 aliphatic carbocycles. The average Bonchev–Trinajstić information content (AvgIpc) is 2.81. The minimum absolute atomic E-state index is 0.237. The third-order valence-electron chi connectivity index (χ3n) is 5.41. The Morgan fingerprint density at radius 1 is 1.09 bits per heavy atom. The normalized spacial score (nSPS) is 13.6. The van der Waals surface area contributed by atoms with Crippen molar-refractivity contribution in [3.63, 3.8) is 0 Å². The molecule has 10 heteroatoms. The van der Waals surface area contributed by atoms with Gasteiger partial charge in [-0.1, -0.05) is 19.1 Å². The zero-order valence-corrected chi connectivity index (χ0v) is 19.1. The molecule has 1 aliphatic rings. The van der Waals surface area contributed by atoms with Crippen LogP contribution in [0.4, 0.5) is 29.3 Å². The van der Waals surface area contributed by atoms with Crippen LogP contribution >= 0.6 is 0 Å². The summed E-state index contributed by atoms with van der Waals surface area (Å²) in [7, 11) is 0. The zero-order chi connectivity index (χ0) is 24.8. The van der Waals surface area contributed by atoms with Crippen LogP contribution in [-0.2, 0) is 13.0 Å². The summed E-state index contributed by atoms with van der Waals surface area (Å²) in [6, 6.07) is 13.5. The fraction of sp³-hybridized carbons (Fsp3) is 0.280. The zero-order valence-electron chi connectivity index (χ0n) is 19.1. The topological polar surface area (TPSA) is 75.7 Å². The van der Waals surface area contributed by atoms with Gasteiger partial charge in [0.05, 0.1) is 0 Å². The summed E-state index contributed by atoms with van der Waals surface area (Å²) in [5, 5.41) is 5.24. The van der Waals surface area contributed by atoms with Gasteiger partial charge in [0, 0.05) is 30.5 Å². The lowest BCUT2D eigenvalue weighted by Gasteiger charge is -2.29. The van der Waals surface area contributed by atoms with Crippen LogP contribution in [0.1, 0.15) is 24.5 Å². The first-order valence-electron chi connectivity index (χ1n) is 11.2. The van der Waals surface area contributed by atoms with Gasteiger partial charge in [-0.15, -0.1) is 13.2 Å². The number of halogens is 3. The van der Waals surface area contributed by atoms with Gasteiger partial charge in [0.2, 0.25) is 5.88 Å². The predicted octanol–water partition coefficient (Wildman–Crippen LogP) is 6.18. The number of anilines is 2. The molecule has 0 bridgehead atoms. The number of alkyl halides is 3. The van der Waals surface area contributed by atoms with E-state index in [1.54, 1.807) is 18.3 Å². The first kappa shape index (κ1) is 24.3. The van der Waals surface area contributed by atoms with Gasteiger partial charge in [0.15, 0.2) is 0 Å². The van der Waals surface area contributed by atoms with Crippen LogP contribution in [0, 0.1) is 0 Å². The number of fused-ring (bicyclic) bond motifs is 1. The number of hydrogen-bond donors (Lipinski definition) is 2. The highest BCUT2D eigenvalue weighted by Gasteiger charge is 2.31. The molecule has 3 aromatic rings. The van der Waals surface area contributed by atoms with E-state index >= 15 is 0 Å². The first-order chi connectivity index (χ1) is 16.8. The van der Waals surface area contributed by atoms with E-state index in [1.807, 2.05) is 12.1 Å². The monoisotopic (exact) mass is 486 g/mol. The van der Waals surface area contributed by atoms with Gasteiger partial charge in [-0.3, -0.25) is 4.90 Å². The molecule has 35 heavy (non-hydrogen) atoms. The fourth-order valence-electron chi connectivity index (χ4n) is 3.93. The van der Waals surface area contributed by atoms with Crippen LogP contribution < -0.4 is 20.1 Å². The van der Waals surface area contributed by atoms with Gasteiger partial charge in [-0.2, -0.15) is 0 Å². The number of aromatic nitrogens is 1. The van der Waals surface area contributed by atoms with Crippen LogP contribution in [0.2, 0.25) is 0 Å². The molecule has 2 heterocycles. The van der Waals surface area contributed by atoms with Gasteiger partial charge < -0.3 is 20.1 Å². The van der Waals surface area contributed by atoms with Crippen LogP contribution in [-0.4, -0.2) is 35.4 Å². The van der Waals surface area contributed by atoms with Crippen molar-refractivity contribution in [1.82, 2.24) is 9.88 Å². The molecular weight excluding hydrogens is 461 g/mol. The van der Waals surface area contributed by atoms with Crippen molar-refractivity contribution in [2.75, 3.05) is 23.7 Å². The van der Waals surface area contributed by atoms with E-state index in [-0.39, 0.29) is 17.3 Å². The molecule has 0 radical (unpaired) electrons. The summed E-state index contributed by atoms with van der Waals surface area (Å²) in [5.74, 6) is 0.553. The van der Waals surface area contributed by atoms with E-state index in [1.165, 1.54) is 17.7 Å². The minimum atomic E-state index is -4.78. The van der Waals surface area contributed by atoms with Crippen LogP contribution in [0.25, 0.3) is 0 Å². The molecule has 4 rings (SSSR count). The second-order valence-electron chi connectivity index (χ2n) is 8.03. The van der Waals surface area contributed by atoms with Crippen molar-refractivity contribution in [2.24, 2.45) is 0 Å². The molecule has 1 aromatic heterocycles. The molecule has 2 aromatic carbocycles. The lowest BCUT2D eigenvalue weighted by molar-refractivity contribution is -0.274. The van der Waals surface area contributed by atoms with Gasteiger partial charge in [-0.25, -0.2) is 9.78 Å². The summed E-state index contributed by atoms with van der Waals surface area (Å²) < 4.78 is 46.9. The maximum Gasteiger partial charge on any atom is 0.573 e. The second-order valence-corrected chi connectivity index (χ2v) is 8.03. The Bertz CT molecular complexity index is 1170. The molecular formula is C25H25F3N4O3. The number of rotatable bonds is 7. The summed E-state index contributed by atoms with van der Waals surface area (Å²) in [5.41, 5.74) is 2.98. The highest BCUT2D eigenvalue weighted by Crippen LogP contribution is 2.33. The number of nitrogens with zero attached hydrogens (tertiary/aromatic N) is 2. The smallest absolute Gasteiger partial charge is 0.437 e. The Kier molecular flexibility index (Phi) is 7.40. The fourth-order valence-corrected chi connectivity index (χ4v) is 3.93. The summed E-state index contributed by atoms with van der Waals surface area (Å²) in [6.45, 7) is 5.02. The maximum atomic E-state index is 12.5. The van der Waals surface area contributed by atoms with Gasteiger partial charge in [0.1, 0.15) is 17.2 Å². The number of ether oxygens (including phenoxy) is 2. The van der Waals surface area contributed by atoms with Crippen molar-refractivity contribution in [2.45, 2.75) is 32.7 Å². The molecule has 1 aliphatic heterocycles. The number of hydrogen-bond acceptors (Lipinski definition) is 5. The highest BCUT2D eigenvalue weighted by atomic mass is 19.4. The molecule has 2 amide bonds. The number of urea groups is 1. The third kappa shape index (κ3) is 6.63. The number of benzene rings is 2. The van der Waals surface area contributed by atoms with Gasteiger partial charge >= 0.3 is 12.4 Å². The van der Waals surface area contributed by atoms with Crippen molar-refractivity contribution in [3.8, 4) is 17.4 Å². The van der Waals surface area contributed by atoms with E-state index in [2.05, 4.69) is 38.2 Å². The Balaban J connectivity index is 1.43. The van der Waals surface area contributed by atoms with E-state index in [0.717, 1.165) is 50.2 Å². The number of carbonyl (C=O) groups excluding carboxylic acids is 1. The number of carbonyl (C=O) groups is 1. The van der Waals surface area contributed by atoms with E-state index < -0.39 is 12.4 Å². The van der Waals surface area contributed by atoms with Crippen LogP contribution in [0.15, 0.2) is 60.8 Å². The summed E-state index contributed by atoms with van der Waals surface area (Å²) in [4.78, 5) is 19.2. The summed E-state index contributed by atoms with van der Waals surface area (Å²) in [6.07, 6.45) is -1.26. The molecule has 0 spiro atoms. The van der Waals surface area contributed by atoms with E-state index in [9.17, 15) is 18.0 Å². The molecule has 2 N–H and O–H groups in total. The quantitative estimate of drug-likeness (QED) is 0.417. The SMILES string of the molecule is CCCN1CCc2c(cccc2Oc2ncccc2NC(=O)Nc2ccc(OC(F)(F)F)cc2)C1. The van der Waals surface area contributed by atoms with Gasteiger partial charge in [0.25, 0.3) is 0 Å². The number of pyridine rings is 1. The van der Waals surface area contributed by atoms with Crippen LogP contribution in [0.3, 0.4) is 0 Å². The third-order valence-corrected chi connectivity index (χ3v) is 5.41. The standard InChI is InChI=1S/C25H25F3N4O3/c1-2-14-32-15-12-20-17(16-32)5-3-7-22(20)34-23-21(6-4-13-29-23)31-24(33)30-18-8-10-19(11-9-18)35-25(26,27)28/h3-11,13H,2,12,14-16H2,1H3,(H2,30,31,33). The molecule has 0 atom stereocenters. The second kappa shape index (κ2) is 10.6. The molecule has 0 saturated heterocycles. The van der Waals surface area contributed by atoms with Gasteiger partial charge in [-0.05, 0) is 67.4 Å². The van der Waals surface area contributed by atoms with Crippen molar-refractivity contribution < 1.29 is 27.4 Å². The Labute approximate surface area is 200 Å². The molecule has 0 fully saturated rings. The average molecular weight is 486 g/mol.